The van der Waals surface area contributed by atoms with Crippen LogP contribution in [0.15, 0.2) is 54.6 Å². The summed E-state index contributed by atoms with van der Waals surface area (Å²) in [5, 5.41) is 0. The highest BCUT2D eigenvalue weighted by molar-refractivity contribution is 6.18. The Morgan fingerprint density at radius 1 is 0.947 bits per heavy atom. The van der Waals surface area contributed by atoms with Crippen molar-refractivity contribution in [1.82, 2.24) is 0 Å². The smallest absolute Gasteiger partial charge is 0.162 e. The van der Waals surface area contributed by atoms with Crippen molar-refractivity contribution in [3.63, 3.8) is 0 Å². The first kappa shape index (κ1) is 13.6. The van der Waals surface area contributed by atoms with E-state index in [4.69, 9.17) is 16.3 Å². The molecule has 19 heavy (non-hydrogen) atoms. The van der Waals surface area contributed by atoms with Crippen LogP contribution in [-0.4, -0.2) is 11.7 Å². The van der Waals surface area contributed by atoms with E-state index in [0.717, 1.165) is 11.5 Å². The van der Waals surface area contributed by atoms with E-state index in [0.29, 0.717) is 24.3 Å². The predicted octanol–water partition coefficient (Wildman–Crippen LogP) is 4.68. The Kier molecular flexibility index (Phi) is 4.99. The highest BCUT2D eigenvalue weighted by Crippen LogP contribution is 2.21. The van der Waals surface area contributed by atoms with Gasteiger partial charge in [-0.05, 0) is 42.8 Å². The van der Waals surface area contributed by atoms with Crippen molar-refractivity contribution in [2.75, 3.05) is 5.88 Å². The second-order valence-corrected chi connectivity index (χ2v) is 4.53. The molecule has 0 saturated heterocycles. The van der Waals surface area contributed by atoms with Gasteiger partial charge in [0.1, 0.15) is 11.5 Å². The fourth-order valence-corrected chi connectivity index (χ4v) is 1.84. The molecule has 98 valence electrons. The van der Waals surface area contributed by atoms with Crippen molar-refractivity contribution in [1.29, 1.82) is 0 Å². The number of carbonyl (C=O) groups excluding carboxylic acids is 1. The number of ether oxygens (including phenoxy) is 1. The van der Waals surface area contributed by atoms with Crippen LogP contribution in [0.3, 0.4) is 0 Å². The van der Waals surface area contributed by atoms with Crippen molar-refractivity contribution >= 4 is 17.4 Å². The van der Waals surface area contributed by atoms with E-state index in [1.54, 1.807) is 24.3 Å². The Morgan fingerprint density at radius 3 is 2.21 bits per heavy atom. The van der Waals surface area contributed by atoms with Crippen LogP contribution in [-0.2, 0) is 0 Å². The Balaban J connectivity index is 2.00. The molecule has 0 unspecified atom stereocenters. The van der Waals surface area contributed by atoms with Gasteiger partial charge in [-0.3, -0.25) is 4.79 Å². The fourth-order valence-electron chi connectivity index (χ4n) is 1.71. The van der Waals surface area contributed by atoms with Crippen molar-refractivity contribution in [2.24, 2.45) is 0 Å². The van der Waals surface area contributed by atoms with Crippen LogP contribution in [0.1, 0.15) is 23.2 Å². The number of hydrogen-bond acceptors (Lipinski definition) is 2. The van der Waals surface area contributed by atoms with Gasteiger partial charge < -0.3 is 4.74 Å². The fraction of sp³-hybridized carbons (Fsp3) is 0.188. The van der Waals surface area contributed by atoms with Gasteiger partial charge in [-0.15, -0.1) is 11.6 Å². The van der Waals surface area contributed by atoms with Gasteiger partial charge in [0.15, 0.2) is 5.78 Å². The number of hydrogen-bond donors (Lipinski definition) is 0. The number of Topliss-reactive ketones (excluding diaryl/α,β-unsaturated/α-hetero) is 1. The van der Waals surface area contributed by atoms with Gasteiger partial charge in [-0.2, -0.15) is 0 Å². The average Bonchev–Trinajstić information content (AvgIpc) is 2.46. The molecule has 2 nitrogen and oxygen atoms in total. The van der Waals surface area contributed by atoms with Crippen molar-refractivity contribution in [3.8, 4) is 11.5 Å². The molecule has 0 fully saturated rings. The van der Waals surface area contributed by atoms with E-state index in [-0.39, 0.29) is 5.78 Å². The third-order valence-electron chi connectivity index (χ3n) is 2.69. The van der Waals surface area contributed by atoms with Gasteiger partial charge in [0.05, 0.1) is 0 Å². The summed E-state index contributed by atoms with van der Waals surface area (Å²) in [5.41, 5.74) is 0.700. The van der Waals surface area contributed by atoms with Gasteiger partial charge >= 0.3 is 0 Å². The summed E-state index contributed by atoms with van der Waals surface area (Å²) in [5.74, 6) is 2.14. The van der Waals surface area contributed by atoms with Crippen LogP contribution in [0.5, 0.6) is 11.5 Å². The summed E-state index contributed by atoms with van der Waals surface area (Å²) in [7, 11) is 0. The maximum atomic E-state index is 11.8. The minimum Gasteiger partial charge on any atom is -0.457 e. The summed E-state index contributed by atoms with van der Waals surface area (Å²) in [6.07, 6.45) is 1.20. The molecule has 0 heterocycles. The quantitative estimate of drug-likeness (QED) is 0.565. The normalized spacial score (nSPS) is 10.2. The maximum absolute atomic E-state index is 11.8. The van der Waals surface area contributed by atoms with Crippen LogP contribution >= 0.6 is 11.6 Å². The molecule has 0 aliphatic carbocycles. The molecule has 0 aliphatic rings. The molecule has 2 aromatic rings. The summed E-state index contributed by atoms with van der Waals surface area (Å²) < 4.78 is 5.66. The Hall–Kier alpha value is -1.80. The lowest BCUT2D eigenvalue weighted by molar-refractivity contribution is 0.0982. The number of benzene rings is 2. The summed E-state index contributed by atoms with van der Waals surface area (Å²) in [6.45, 7) is 0. The van der Waals surface area contributed by atoms with Crippen LogP contribution in [0.2, 0.25) is 0 Å². The monoisotopic (exact) mass is 274 g/mol. The second kappa shape index (κ2) is 6.95. The molecule has 0 atom stereocenters. The Labute approximate surface area is 118 Å². The first-order valence-electron chi connectivity index (χ1n) is 6.22. The van der Waals surface area contributed by atoms with Gasteiger partial charge in [0, 0.05) is 17.9 Å². The van der Waals surface area contributed by atoms with Crippen LogP contribution in [0.25, 0.3) is 0 Å². The highest BCUT2D eigenvalue weighted by atomic mass is 35.5. The maximum Gasteiger partial charge on any atom is 0.162 e. The molecule has 0 bridgehead atoms. The van der Waals surface area contributed by atoms with E-state index in [2.05, 4.69) is 0 Å². The van der Waals surface area contributed by atoms with E-state index >= 15 is 0 Å². The summed E-state index contributed by atoms with van der Waals surface area (Å²) in [6, 6.07) is 16.7. The molecule has 0 radical (unpaired) electrons. The minimum atomic E-state index is 0.118. The zero-order valence-corrected chi connectivity index (χ0v) is 11.3. The van der Waals surface area contributed by atoms with Gasteiger partial charge in [-0.1, -0.05) is 18.2 Å². The lowest BCUT2D eigenvalue weighted by Crippen LogP contribution is -1.99. The summed E-state index contributed by atoms with van der Waals surface area (Å²) in [4.78, 5) is 11.8. The molecule has 2 rings (SSSR count). The van der Waals surface area contributed by atoms with Crippen LogP contribution in [0, 0.1) is 0 Å². The largest absolute Gasteiger partial charge is 0.457 e. The first-order chi connectivity index (χ1) is 9.29. The van der Waals surface area contributed by atoms with Gasteiger partial charge in [0.25, 0.3) is 0 Å². The van der Waals surface area contributed by atoms with Crippen LogP contribution < -0.4 is 4.74 Å². The SMILES string of the molecule is O=C(CCCCl)c1ccc(Oc2ccccc2)cc1. The number of ketones is 1. The van der Waals surface area contributed by atoms with E-state index in [1.165, 1.54) is 0 Å². The topological polar surface area (TPSA) is 26.3 Å². The average molecular weight is 275 g/mol. The summed E-state index contributed by atoms with van der Waals surface area (Å²) >= 11 is 5.58. The Bertz CT molecular complexity index is 520. The molecule has 0 aromatic heterocycles. The Morgan fingerprint density at radius 2 is 1.58 bits per heavy atom. The number of rotatable bonds is 6. The molecule has 0 N–H and O–H groups in total. The predicted molar refractivity (Wildman–Crippen MR) is 77.2 cm³/mol. The van der Waals surface area contributed by atoms with E-state index in [1.807, 2.05) is 30.3 Å². The number of carbonyl (C=O) groups is 1. The molecular weight excluding hydrogens is 260 g/mol. The molecule has 0 spiro atoms. The van der Waals surface area contributed by atoms with Crippen molar-refractivity contribution in [3.05, 3.63) is 60.2 Å². The first-order valence-corrected chi connectivity index (χ1v) is 6.75. The minimum absolute atomic E-state index is 0.118. The molecule has 3 heteroatoms. The molecule has 0 amide bonds. The van der Waals surface area contributed by atoms with Gasteiger partial charge in [-0.25, -0.2) is 0 Å². The molecule has 0 saturated carbocycles. The lowest BCUT2D eigenvalue weighted by atomic mass is 10.1. The number of alkyl halides is 1. The van der Waals surface area contributed by atoms with E-state index < -0.39 is 0 Å². The standard InChI is InChI=1S/C16H15ClO2/c17-12-4-7-16(18)13-8-10-15(11-9-13)19-14-5-2-1-3-6-14/h1-3,5-6,8-11H,4,7,12H2. The molecule has 2 aromatic carbocycles. The third-order valence-corrected chi connectivity index (χ3v) is 2.96. The van der Waals surface area contributed by atoms with E-state index in [9.17, 15) is 4.79 Å². The van der Waals surface area contributed by atoms with Crippen LogP contribution in [0.4, 0.5) is 0 Å². The van der Waals surface area contributed by atoms with Crippen molar-refractivity contribution in [2.45, 2.75) is 12.8 Å². The number of para-hydroxylation sites is 1. The second-order valence-electron chi connectivity index (χ2n) is 4.16. The highest BCUT2D eigenvalue weighted by Gasteiger charge is 2.05. The van der Waals surface area contributed by atoms with Crippen molar-refractivity contribution < 1.29 is 9.53 Å². The van der Waals surface area contributed by atoms with Gasteiger partial charge in [0.2, 0.25) is 0 Å². The zero-order chi connectivity index (χ0) is 13.5. The lowest BCUT2D eigenvalue weighted by Gasteiger charge is -2.06. The number of halogens is 1. The molecule has 0 aliphatic heterocycles. The third kappa shape index (κ3) is 4.11. The zero-order valence-electron chi connectivity index (χ0n) is 10.5. The molecular formula is C16H15ClO2.